The largest absolute Gasteiger partial charge is 0.485 e. The summed E-state index contributed by atoms with van der Waals surface area (Å²) in [5.41, 5.74) is 0.879. The van der Waals surface area contributed by atoms with E-state index in [1.807, 2.05) is 54.2 Å². The number of sulfonamides is 1. The summed E-state index contributed by atoms with van der Waals surface area (Å²) in [4.78, 5) is 17.6. The Morgan fingerprint density at radius 1 is 0.941 bits per heavy atom. The number of anilines is 1. The minimum absolute atomic E-state index is 0.222. The first-order chi connectivity index (χ1) is 16.4. The third kappa shape index (κ3) is 5.14. The SMILES string of the molecule is CN(C)CCOc1c(N2CCN(S(=O)(=O)c3ccccc3)CC2)cnn(-c2ccccc2)c1=O. The Kier molecular flexibility index (Phi) is 7.30. The van der Waals surface area contributed by atoms with E-state index in [1.54, 1.807) is 36.5 Å². The van der Waals surface area contributed by atoms with Crippen LogP contribution in [0.1, 0.15) is 0 Å². The van der Waals surface area contributed by atoms with Crippen LogP contribution in [0.2, 0.25) is 0 Å². The fraction of sp³-hybridized carbons (Fsp3) is 0.333. The fourth-order valence-electron chi connectivity index (χ4n) is 3.78. The van der Waals surface area contributed by atoms with Crippen LogP contribution in [0.15, 0.2) is 76.6 Å². The Morgan fingerprint density at radius 2 is 1.56 bits per heavy atom. The number of nitrogens with zero attached hydrogens (tertiary/aromatic N) is 5. The number of hydrogen-bond donors (Lipinski definition) is 0. The molecule has 10 heteroatoms. The van der Waals surface area contributed by atoms with Crippen molar-refractivity contribution in [1.29, 1.82) is 0 Å². The number of ether oxygens (including phenoxy) is 1. The van der Waals surface area contributed by atoms with E-state index in [4.69, 9.17) is 4.74 Å². The van der Waals surface area contributed by atoms with Crippen molar-refractivity contribution in [3.63, 3.8) is 0 Å². The molecule has 0 N–H and O–H groups in total. The van der Waals surface area contributed by atoms with Gasteiger partial charge in [0.15, 0.2) is 0 Å². The predicted molar refractivity (Wildman–Crippen MR) is 131 cm³/mol. The molecule has 4 rings (SSSR count). The maximum absolute atomic E-state index is 13.3. The highest BCUT2D eigenvalue weighted by molar-refractivity contribution is 7.89. The summed E-state index contributed by atoms with van der Waals surface area (Å²) in [5, 5.41) is 4.38. The van der Waals surface area contributed by atoms with Crippen LogP contribution in [0.5, 0.6) is 5.75 Å². The van der Waals surface area contributed by atoms with Gasteiger partial charge in [0.25, 0.3) is 0 Å². The van der Waals surface area contributed by atoms with Crippen LogP contribution in [0.4, 0.5) is 5.69 Å². The lowest BCUT2D eigenvalue weighted by atomic mass is 10.3. The first kappa shape index (κ1) is 23.9. The summed E-state index contributed by atoms with van der Waals surface area (Å²) in [6.07, 6.45) is 1.63. The lowest BCUT2D eigenvalue weighted by molar-refractivity contribution is 0.257. The number of benzene rings is 2. The molecule has 0 saturated carbocycles. The van der Waals surface area contributed by atoms with Crippen LogP contribution < -0.4 is 15.2 Å². The predicted octanol–water partition coefficient (Wildman–Crippen LogP) is 1.68. The molecule has 0 unspecified atom stereocenters. The number of piperazine rings is 1. The summed E-state index contributed by atoms with van der Waals surface area (Å²) in [6.45, 7) is 2.44. The Hall–Kier alpha value is -3.21. The molecule has 2 heterocycles. The third-order valence-corrected chi connectivity index (χ3v) is 7.57. The molecule has 1 saturated heterocycles. The zero-order chi connectivity index (χ0) is 24.1. The van der Waals surface area contributed by atoms with E-state index in [0.29, 0.717) is 50.7 Å². The molecule has 0 atom stereocenters. The summed E-state index contributed by atoms with van der Waals surface area (Å²) < 4.78 is 34.7. The van der Waals surface area contributed by atoms with Crippen molar-refractivity contribution in [3.8, 4) is 11.4 Å². The highest BCUT2D eigenvalue weighted by Gasteiger charge is 2.30. The fourth-order valence-corrected chi connectivity index (χ4v) is 5.23. The van der Waals surface area contributed by atoms with Gasteiger partial charge in [0.05, 0.1) is 16.8 Å². The molecule has 3 aromatic rings. The molecule has 1 aliphatic heterocycles. The number of rotatable bonds is 8. The molecule has 1 aromatic heterocycles. The standard InChI is InChI=1S/C24H29N5O4S/c1-26(2)17-18-33-23-22(19-25-29(24(23)30)20-9-5-3-6-10-20)27-13-15-28(16-14-27)34(31,32)21-11-7-4-8-12-21/h3-12,19H,13-18H2,1-2H3. The molecule has 0 amide bonds. The van der Waals surface area contributed by atoms with Gasteiger partial charge in [0, 0.05) is 32.7 Å². The van der Waals surface area contributed by atoms with Gasteiger partial charge in [-0.3, -0.25) is 4.79 Å². The minimum atomic E-state index is -3.56. The van der Waals surface area contributed by atoms with Gasteiger partial charge in [-0.2, -0.15) is 14.1 Å². The Labute approximate surface area is 199 Å². The Balaban J connectivity index is 1.59. The highest BCUT2D eigenvalue weighted by Crippen LogP contribution is 2.27. The van der Waals surface area contributed by atoms with Gasteiger partial charge in [-0.05, 0) is 38.4 Å². The molecule has 9 nitrogen and oxygen atoms in total. The average molecular weight is 484 g/mol. The second-order valence-corrected chi connectivity index (χ2v) is 10.2. The van der Waals surface area contributed by atoms with Gasteiger partial charge in [-0.15, -0.1) is 0 Å². The average Bonchev–Trinajstić information content (AvgIpc) is 2.86. The molecule has 34 heavy (non-hydrogen) atoms. The zero-order valence-corrected chi connectivity index (χ0v) is 20.2. The van der Waals surface area contributed by atoms with Crippen LogP contribution >= 0.6 is 0 Å². The molecular weight excluding hydrogens is 454 g/mol. The van der Waals surface area contributed by atoms with Gasteiger partial charge in [-0.25, -0.2) is 8.42 Å². The summed E-state index contributed by atoms with van der Waals surface area (Å²) in [5.74, 6) is 0.222. The van der Waals surface area contributed by atoms with Crippen LogP contribution in [0.25, 0.3) is 5.69 Å². The van der Waals surface area contributed by atoms with Crippen molar-refractivity contribution >= 4 is 15.7 Å². The molecular formula is C24H29N5O4S. The van der Waals surface area contributed by atoms with Crippen LogP contribution in [-0.4, -0.2) is 80.8 Å². The van der Waals surface area contributed by atoms with E-state index in [-0.39, 0.29) is 16.2 Å². The summed E-state index contributed by atoms with van der Waals surface area (Å²) in [6, 6.07) is 17.6. The smallest absolute Gasteiger partial charge is 0.316 e. The number of aromatic nitrogens is 2. The van der Waals surface area contributed by atoms with E-state index in [0.717, 1.165) is 0 Å². The van der Waals surface area contributed by atoms with Crippen LogP contribution in [-0.2, 0) is 10.0 Å². The third-order valence-electron chi connectivity index (χ3n) is 5.66. The van der Waals surface area contributed by atoms with Crippen LogP contribution in [0, 0.1) is 0 Å². The first-order valence-corrected chi connectivity index (χ1v) is 12.6. The lowest BCUT2D eigenvalue weighted by Gasteiger charge is -2.35. The molecule has 180 valence electrons. The van der Waals surface area contributed by atoms with E-state index in [2.05, 4.69) is 5.10 Å². The normalized spacial score (nSPS) is 15.0. The van der Waals surface area contributed by atoms with Crippen molar-refractivity contribution in [1.82, 2.24) is 19.0 Å². The van der Waals surface area contributed by atoms with Gasteiger partial charge in [0.2, 0.25) is 15.8 Å². The summed E-state index contributed by atoms with van der Waals surface area (Å²) in [7, 11) is 0.308. The number of likely N-dealkylation sites (N-methyl/N-ethyl adjacent to an activating group) is 1. The van der Waals surface area contributed by atoms with Crippen molar-refractivity contribution < 1.29 is 13.2 Å². The molecule has 0 spiro atoms. The van der Waals surface area contributed by atoms with Crippen molar-refractivity contribution in [2.24, 2.45) is 0 Å². The topological polar surface area (TPSA) is 88.0 Å². The maximum Gasteiger partial charge on any atom is 0.316 e. The summed E-state index contributed by atoms with van der Waals surface area (Å²) >= 11 is 0. The quantitative estimate of drug-likeness (QED) is 0.482. The maximum atomic E-state index is 13.3. The van der Waals surface area contributed by atoms with Crippen molar-refractivity contribution in [3.05, 3.63) is 77.2 Å². The second kappa shape index (κ2) is 10.4. The van der Waals surface area contributed by atoms with Crippen molar-refractivity contribution in [2.75, 3.05) is 58.3 Å². The molecule has 0 aliphatic carbocycles. The zero-order valence-electron chi connectivity index (χ0n) is 19.4. The van der Waals surface area contributed by atoms with E-state index >= 15 is 0 Å². The van der Waals surface area contributed by atoms with Gasteiger partial charge in [0.1, 0.15) is 12.3 Å². The Bertz CT molecular complexity index is 1260. The molecule has 2 aromatic carbocycles. The van der Waals surface area contributed by atoms with Gasteiger partial charge >= 0.3 is 5.56 Å². The monoisotopic (exact) mass is 483 g/mol. The van der Waals surface area contributed by atoms with E-state index < -0.39 is 10.0 Å². The second-order valence-electron chi connectivity index (χ2n) is 8.27. The molecule has 0 radical (unpaired) electrons. The Morgan fingerprint density at radius 3 is 2.18 bits per heavy atom. The highest BCUT2D eigenvalue weighted by atomic mass is 32.2. The molecule has 0 bridgehead atoms. The molecule has 1 aliphatic rings. The van der Waals surface area contributed by atoms with Crippen LogP contribution in [0.3, 0.4) is 0 Å². The van der Waals surface area contributed by atoms with E-state index in [9.17, 15) is 13.2 Å². The minimum Gasteiger partial charge on any atom is -0.485 e. The molecule has 1 fully saturated rings. The lowest BCUT2D eigenvalue weighted by Crippen LogP contribution is -2.49. The van der Waals surface area contributed by atoms with Gasteiger partial charge < -0.3 is 14.5 Å². The number of para-hydroxylation sites is 1. The number of hydrogen-bond acceptors (Lipinski definition) is 7. The first-order valence-electron chi connectivity index (χ1n) is 11.1. The van der Waals surface area contributed by atoms with Gasteiger partial charge in [-0.1, -0.05) is 36.4 Å². The van der Waals surface area contributed by atoms with E-state index in [1.165, 1.54) is 8.99 Å². The van der Waals surface area contributed by atoms with Crippen molar-refractivity contribution in [2.45, 2.75) is 4.90 Å².